The summed E-state index contributed by atoms with van der Waals surface area (Å²) in [7, 11) is 0. The Balaban J connectivity index is 0.000000130. The maximum Gasteiger partial charge on any atom is 0.410 e. The van der Waals surface area contributed by atoms with Crippen LogP contribution in [0.4, 0.5) is 26.7 Å². The van der Waals surface area contributed by atoms with Gasteiger partial charge in [0.05, 0.1) is 41.3 Å². The molecule has 27 heteroatoms. The molecule has 0 spiro atoms. The topological polar surface area (TPSA) is 364 Å². The monoisotopic (exact) mass is 1540 g/mol. The number of carboxylic acids is 1. The van der Waals surface area contributed by atoms with Crippen LogP contribution in [0.25, 0.3) is 32.7 Å². The van der Waals surface area contributed by atoms with Crippen molar-refractivity contribution in [1.29, 1.82) is 0 Å². The molecule has 6 atom stereocenters. The second kappa shape index (κ2) is 32.0. The molecule has 26 nitrogen and oxygen atoms in total. The van der Waals surface area contributed by atoms with Crippen LogP contribution in [0.3, 0.4) is 0 Å². The first-order chi connectivity index (χ1) is 53.4. The molecule has 6 aromatic carbocycles. The molecule has 6 aliphatic heterocycles. The number of hydrogen-bond acceptors (Lipinski definition) is 15. The van der Waals surface area contributed by atoms with Gasteiger partial charge in [0.25, 0.3) is 17.7 Å². The number of hydrogen-bond donors (Lipinski definition) is 11. The van der Waals surface area contributed by atoms with E-state index in [2.05, 4.69) is 86.7 Å². The standard InChI is InChI=1S/C30H33N5O4.C25H25N5O2.C20H25N5O3.C10H10O2.ClH/c1-30(2,3)39-29(38)35-11-9-18(10-12-35)26-23-16-31-34-28(37)22-13-19(14-24(33-26)25(22)23)32-27(36)21-15-20(21)17-7-5-4-6-8-17;31-24(18-12-17(18)14-4-2-1-3-5-14)28-16-10-19-22-20(13-27-30-25(19)32)23(29-21(22)11-16)15-6-8-26-9-7-15;1-20(2,3)28-19(27)25-6-4-11(5-7-25)17-14-10-22-24-18(26)13-8-12(21)9-15(23-17)16(13)14;11-10(12)9-6-8(9)7-4-2-1-3-5-7;/h4-8,13-14,16,18,20-21,33H,9-12,15H2,1-3H3,(H,32,36)(H,34,37);1-5,10-11,13,15,17-18,26,29H,6-9,12H2,(H,28,31)(H,30,32);8-11,23H,4-7,21H2,1-3H3,(H,24,26);1-5,8-9H,6H2,(H,11,12);1H/t20-,21+;17-,18+;;8-,9+;/m00.0./s1. The van der Waals surface area contributed by atoms with E-state index in [1.165, 1.54) is 11.1 Å². The molecule has 3 aromatic heterocycles. The number of nitrogen functional groups attached to an aromatic ring is 1. The number of carboxylic acid groups (broad SMARTS) is 1. The van der Waals surface area contributed by atoms with E-state index in [0.717, 1.165) is 143 Å². The van der Waals surface area contributed by atoms with Crippen molar-refractivity contribution in [3.05, 3.63) is 195 Å². The van der Waals surface area contributed by atoms with E-state index in [9.17, 15) is 38.4 Å². The van der Waals surface area contributed by atoms with Crippen LogP contribution >= 0.6 is 12.4 Å². The third kappa shape index (κ3) is 17.0. The second-order valence-electron chi connectivity index (χ2n) is 32.2. The number of amides is 7. The van der Waals surface area contributed by atoms with Gasteiger partial charge in [-0.2, -0.15) is 15.3 Å². The summed E-state index contributed by atoms with van der Waals surface area (Å²) < 4.78 is 11.0. The van der Waals surface area contributed by atoms with E-state index in [4.69, 9.17) is 20.3 Å². The highest BCUT2D eigenvalue weighted by molar-refractivity contribution is 6.19. The zero-order valence-corrected chi connectivity index (χ0v) is 64.2. The average Bonchev–Trinajstić information content (AvgIpc) is 1.61. The normalized spacial score (nSPS) is 20.9. The molecule has 9 aliphatic rings. The lowest BCUT2D eigenvalue weighted by Crippen LogP contribution is -2.41. The van der Waals surface area contributed by atoms with Crippen molar-refractivity contribution >= 4 is 129 Å². The quantitative estimate of drug-likeness (QED) is 0.0537. The maximum absolute atomic E-state index is 13.1. The number of H-pyrrole nitrogens is 3. The summed E-state index contributed by atoms with van der Waals surface area (Å²) in [6.07, 6.45) is 12.2. The molecule has 6 fully saturated rings. The summed E-state index contributed by atoms with van der Waals surface area (Å²) in [6.45, 7) is 15.6. The first-order valence-corrected chi connectivity index (χ1v) is 38.4. The number of aliphatic carboxylic acids is 1. The Morgan fingerprint density at radius 3 is 1.14 bits per heavy atom. The Kier molecular flexibility index (Phi) is 22.0. The molecule has 9 aromatic rings. The van der Waals surface area contributed by atoms with Gasteiger partial charge < -0.3 is 61.0 Å². The number of anilines is 3. The summed E-state index contributed by atoms with van der Waals surface area (Å²) in [5, 5.41) is 33.1. The molecule has 7 amide bonds. The third-order valence-electron chi connectivity index (χ3n) is 22.2. The van der Waals surface area contributed by atoms with Crippen LogP contribution in [-0.2, 0) is 23.9 Å². The molecular formula is C85H94ClN15O11. The zero-order chi connectivity index (χ0) is 77.6. The van der Waals surface area contributed by atoms with Gasteiger partial charge in [-0.3, -0.25) is 28.8 Å². The number of nitrogens with two attached hydrogens (primary N) is 1. The summed E-state index contributed by atoms with van der Waals surface area (Å²) in [5.41, 5.74) is 27.9. The van der Waals surface area contributed by atoms with Gasteiger partial charge >= 0.3 is 18.2 Å². The fraction of sp³-hybridized carbons (Fsp3) is 0.376. The fourth-order valence-electron chi connectivity index (χ4n) is 16.4. The molecular weight excluding hydrogens is 1440 g/mol. The van der Waals surface area contributed by atoms with E-state index in [-0.39, 0.29) is 101 Å². The largest absolute Gasteiger partial charge is 0.481 e. The zero-order valence-electron chi connectivity index (χ0n) is 63.4. The Hall–Kier alpha value is -11.6. The Morgan fingerprint density at radius 2 is 0.795 bits per heavy atom. The van der Waals surface area contributed by atoms with Gasteiger partial charge in [-0.1, -0.05) is 91.0 Å². The van der Waals surface area contributed by atoms with Gasteiger partial charge in [0, 0.05) is 139 Å². The van der Waals surface area contributed by atoms with Gasteiger partial charge in [-0.05, 0) is 183 Å². The number of carbonyl (C=O) groups excluding carboxylic acids is 7. The van der Waals surface area contributed by atoms with Crippen molar-refractivity contribution in [3.8, 4) is 0 Å². The highest BCUT2D eigenvalue weighted by Crippen LogP contribution is 2.51. The molecule has 12 N–H and O–H groups in total. The maximum atomic E-state index is 13.1. The Morgan fingerprint density at radius 1 is 0.464 bits per heavy atom. The molecule has 0 bridgehead atoms. The molecule has 0 radical (unpaired) electrons. The average molecular weight is 1540 g/mol. The van der Waals surface area contributed by atoms with Crippen LogP contribution in [0.2, 0.25) is 0 Å². The number of aromatic amines is 3. The van der Waals surface area contributed by atoms with E-state index in [1.807, 2.05) is 126 Å². The molecule has 112 heavy (non-hydrogen) atoms. The highest BCUT2D eigenvalue weighted by atomic mass is 35.5. The lowest BCUT2D eigenvalue weighted by molar-refractivity contribution is -0.138. The molecule has 3 aliphatic carbocycles. The minimum Gasteiger partial charge on any atom is -0.481 e. The summed E-state index contributed by atoms with van der Waals surface area (Å²) >= 11 is 0. The summed E-state index contributed by atoms with van der Waals surface area (Å²) in [4.78, 5) is 113. The van der Waals surface area contributed by atoms with Gasteiger partial charge in [0.1, 0.15) is 11.2 Å². The van der Waals surface area contributed by atoms with Gasteiger partial charge in [0.15, 0.2) is 0 Å². The van der Waals surface area contributed by atoms with Crippen LogP contribution in [0, 0.1) is 17.8 Å². The second-order valence-corrected chi connectivity index (χ2v) is 32.2. The van der Waals surface area contributed by atoms with Crippen molar-refractivity contribution in [2.45, 2.75) is 146 Å². The molecule has 18 rings (SSSR count). The van der Waals surface area contributed by atoms with Gasteiger partial charge in [-0.25, -0.2) is 25.9 Å². The predicted octanol–water partition coefficient (Wildman–Crippen LogP) is 13.8. The summed E-state index contributed by atoms with van der Waals surface area (Å²) in [5.74, 6) is -0.244. The number of carbonyl (C=O) groups is 8. The number of ether oxygens (including phenoxy) is 2. The highest BCUT2D eigenvalue weighted by Gasteiger charge is 2.46. The SMILES string of the molecule is CC(C)(C)OC(=O)N1CCC(c2[nH]c3cc(N)cc4c3c2C=NNC4=O)CC1.CC(C)(C)OC(=O)N1CCC(c2[nH]c3cc(NC(=O)[C@@H]4C[C@H]4c4ccccc4)cc4c3c2C=NNC4=O)CC1.Cl.O=C(O)[C@@H]1C[C@H]1c1ccccc1.O=C1NN=Cc2c(C3CCNCC3)[nH]c3cc(NC(=O)[C@@H]4C[C@H]4c4ccccc4)cc1c23. The summed E-state index contributed by atoms with van der Waals surface area (Å²) in [6, 6.07) is 40.9. The van der Waals surface area contributed by atoms with E-state index in [1.54, 1.807) is 46.6 Å². The number of piperidine rings is 3. The number of hydrazone groups is 3. The fourth-order valence-corrected chi connectivity index (χ4v) is 16.4. The Bertz CT molecular complexity index is 5210. The molecule has 3 saturated carbocycles. The predicted molar refractivity (Wildman–Crippen MR) is 433 cm³/mol. The number of rotatable bonds is 11. The van der Waals surface area contributed by atoms with Crippen LogP contribution in [-0.4, -0.2) is 147 Å². The number of likely N-dealkylation sites (tertiary alicyclic amines) is 2. The van der Waals surface area contributed by atoms with Gasteiger partial charge in [0.2, 0.25) is 11.8 Å². The Labute approximate surface area is 653 Å². The van der Waals surface area contributed by atoms with Crippen LogP contribution in [0.1, 0.15) is 216 Å². The first-order valence-electron chi connectivity index (χ1n) is 38.4. The van der Waals surface area contributed by atoms with Crippen molar-refractivity contribution < 1.29 is 52.9 Å². The molecule has 3 saturated heterocycles. The number of nitrogens with zero attached hydrogens (tertiary/aromatic N) is 5. The number of halogens is 1. The van der Waals surface area contributed by atoms with Crippen molar-refractivity contribution in [2.24, 2.45) is 33.1 Å². The van der Waals surface area contributed by atoms with Crippen LogP contribution in [0.5, 0.6) is 0 Å². The minimum absolute atomic E-state index is 0. The van der Waals surface area contributed by atoms with Gasteiger partial charge in [-0.15, -0.1) is 12.4 Å². The van der Waals surface area contributed by atoms with Crippen LogP contribution < -0.4 is 38.0 Å². The van der Waals surface area contributed by atoms with Crippen molar-refractivity contribution in [3.63, 3.8) is 0 Å². The van der Waals surface area contributed by atoms with Crippen molar-refractivity contribution in [2.75, 3.05) is 55.6 Å². The van der Waals surface area contributed by atoms with E-state index in [0.29, 0.717) is 65.8 Å². The third-order valence-corrected chi connectivity index (χ3v) is 22.2. The lowest BCUT2D eigenvalue weighted by Gasteiger charge is -2.33. The van der Waals surface area contributed by atoms with Crippen LogP contribution in [0.15, 0.2) is 143 Å². The smallest absolute Gasteiger partial charge is 0.410 e. The molecule has 0 unspecified atom stereocenters. The molecule has 9 heterocycles. The van der Waals surface area contributed by atoms with Crippen molar-refractivity contribution in [1.82, 2.24) is 46.3 Å². The number of nitrogens with one attached hydrogen (secondary N) is 9. The van der Waals surface area contributed by atoms with E-state index >= 15 is 0 Å². The molecule has 582 valence electrons. The van der Waals surface area contributed by atoms with E-state index < -0.39 is 17.2 Å². The first kappa shape index (κ1) is 77.1. The number of benzene rings is 6. The minimum atomic E-state index is -0.663. The number of aromatic nitrogens is 3. The lowest BCUT2D eigenvalue weighted by atomic mass is 9.90.